The molecule has 1 atom stereocenters. The lowest BCUT2D eigenvalue weighted by Gasteiger charge is -2.13. The lowest BCUT2D eigenvalue weighted by molar-refractivity contribution is -0.139. The Bertz CT molecular complexity index is 484. The molecule has 1 heterocycles. The summed E-state index contributed by atoms with van der Waals surface area (Å²) in [7, 11) is 0. The zero-order valence-corrected chi connectivity index (χ0v) is 11.3. The van der Waals surface area contributed by atoms with E-state index in [1.165, 1.54) is 11.3 Å². The summed E-state index contributed by atoms with van der Waals surface area (Å²) in [4.78, 5) is 34.1. The molecule has 0 saturated heterocycles. The van der Waals surface area contributed by atoms with Crippen molar-refractivity contribution in [1.82, 2.24) is 5.32 Å². The van der Waals surface area contributed by atoms with E-state index in [4.69, 9.17) is 10.8 Å². The summed E-state index contributed by atoms with van der Waals surface area (Å²) >= 11 is 1.26. The lowest BCUT2D eigenvalue weighted by Crippen LogP contribution is -2.41. The Labute approximate surface area is 114 Å². The highest BCUT2D eigenvalue weighted by molar-refractivity contribution is 7.12. The highest BCUT2D eigenvalue weighted by Crippen LogP contribution is 2.17. The van der Waals surface area contributed by atoms with Crippen LogP contribution < -0.4 is 11.1 Å². The predicted octanol–water partition coefficient (Wildman–Crippen LogP) is 0.759. The fourth-order valence-electron chi connectivity index (χ4n) is 1.58. The second-order valence-corrected chi connectivity index (χ2v) is 4.91. The van der Waals surface area contributed by atoms with Crippen LogP contribution in [0.15, 0.2) is 11.4 Å². The second kappa shape index (κ2) is 6.89. The maximum atomic E-state index is 12.0. The molecule has 1 aromatic heterocycles. The fraction of sp³-hybridized carbons (Fsp3) is 0.417. The molecule has 0 aromatic carbocycles. The molecule has 4 N–H and O–H groups in total. The third-order valence-electron chi connectivity index (χ3n) is 2.62. The van der Waals surface area contributed by atoms with Gasteiger partial charge in [-0.15, -0.1) is 11.3 Å². The monoisotopic (exact) mass is 284 g/mol. The molecule has 0 aliphatic heterocycles. The van der Waals surface area contributed by atoms with E-state index in [2.05, 4.69) is 5.32 Å². The number of carbonyl (C=O) groups is 3. The number of carbonyl (C=O) groups excluding carboxylic acids is 2. The molecule has 1 aromatic rings. The number of carboxylic acid groups (broad SMARTS) is 1. The molecule has 6 nitrogen and oxygen atoms in total. The van der Waals surface area contributed by atoms with Gasteiger partial charge in [-0.3, -0.25) is 9.59 Å². The van der Waals surface area contributed by atoms with E-state index >= 15 is 0 Å². The normalized spacial score (nSPS) is 11.8. The third-order valence-corrected chi connectivity index (χ3v) is 3.57. The first kappa shape index (κ1) is 15.2. The number of nitrogens with two attached hydrogens (primary N) is 1. The zero-order valence-electron chi connectivity index (χ0n) is 10.5. The molecule has 2 amide bonds. The maximum Gasteiger partial charge on any atom is 0.326 e. The van der Waals surface area contributed by atoms with Crippen molar-refractivity contribution in [3.8, 4) is 0 Å². The quantitative estimate of drug-likeness (QED) is 0.686. The van der Waals surface area contributed by atoms with Crippen molar-refractivity contribution in [1.29, 1.82) is 0 Å². The van der Waals surface area contributed by atoms with E-state index in [0.717, 1.165) is 5.56 Å². The van der Waals surface area contributed by atoms with Gasteiger partial charge in [0.15, 0.2) is 0 Å². The van der Waals surface area contributed by atoms with Gasteiger partial charge in [-0.1, -0.05) is 6.92 Å². The first-order valence-electron chi connectivity index (χ1n) is 5.84. The molecule has 0 aliphatic rings. The highest BCUT2D eigenvalue weighted by atomic mass is 32.1. The van der Waals surface area contributed by atoms with Gasteiger partial charge < -0.3 is 16.2 Å². The van der Waals surface area contributed by atoms with Crippen molar-refractivity contribution in [2.45, 2.75) is 32.2 Å². The van der Waals surface area contributed by atoms with Gasteiger partial charge in [0.25, 0.3) is 5.91 Å². The Morgan fingerprint density at radius 3 is 2.68 bits per heavy atom. The van der Waals surface area contributed by atoms with Gasteiger partial charge in [-0.25, -0.2) is 4.79 Å². The van der Waals surface area contributed by atoms with Crippen LogP contribution in [0.5, 0.6) is 0 Å². The van der Waals surface area contributed by atoms with Gasteiger partial charge in [0.1, 0.15) is 6.04 Å². The largest absolute Gasteiger partial charge is 0.480 e. The van der Waals surface area contributed by atoms with E-state index in [1.54, 1.807) is 5.38 Å². The van der Waals surface area contributed by atoms with Gasteiger partial charge in [-0.2, -0.15) is 0 Å². The van der Waals surface area contributed by atoms with Crippen LogP contribution in [0.4, 0.5) is 0 Å². The van der Waals surface area contributed by atoms with Crippen LogP contribution >= 0.6 is 11.3 Å². The summed E-state index contributed by atoms with van der Waals surface area (Å²) < 4.78 is 0. The van der Waals surface area contributed by atoms with Crippen LogP contribution in [0.25, 0.3) is 0 Å². The lowest BCUT2D eigenvalue weighted by atomic mass is 10.1. The van der Waals surface area contributed by atoms with Crippen molar-refractivity contribution in [2.24, 2.45) is 5.73 Å². The summed E-state index contributed by atoms with van der Waals surface area (Å²) in [6.07, 6.45) is 0.608. The SMILES string of the molecule is CCc1ccsc1C(=O)N[C@H](CCC(N)=O)C(=O)O. The van der Waals surface area contributed by atoms with E-state index in [9.17, 15) is 14.4 Å². The average molecular weight is 284 g/mol. The van der Waals surface area contributed by atoms with Gasteiger partial charge in [0, 0.05) is 6.42 Å². The predicted molar refractivity (Wildman–Crippen MR) is 71.0 cm³/mol. The number of aliphatic carboxylic acids is 1. The second-order valence-electron chi connectivity index (χ2n) is 4.00. The highest BCUT2D eigenvalue weighted by Gasteiger charge is 2.22. The number of carboxylic acids is 1. The first-order chi connectivity index (χ1) is 8.95. The number of hydrogen-bond acceptors (Lipinski definition) is 4. The number of thiophene rings is 1. The number of amides is 2. The van der Waals surface area contributed by atoms with Crippen molar-refractivity contribution >= 4 is 29.1 Å². The minimum Gasteiger partial charge on any atom is -0.480 e. The van der Waals surface area contributed by atoms with Crippen molar-refractivity contribution < 1.29 is 19.5 Å². The molecule has 104 valence electrons. The number of primary amides is 1. The Kier molecular flexibility index (Phi) is 5.50. The molecule has 19 heavy (non-hydrogen) atoms. The third kappa shape index (κ3) is 4.36. The molecular weight excluding hydrogens is 268 g/mol. The maximum absolute atomic E-state index is 12.0. The van der Waals surface area contributed by atoms with E-state index in [0.29, 0.717) is 11.3 Å². The average Bonchev–Trinajstić information content (AvgIpc) is 2.81. The van der Waals surface area contributed by atoms with Crippen LogP contribution in [-0.4, -0.2) is 28.9 Å². The Morgan fingerprint density at radius 2 is 2.16 bits per heavy atom. The molecule has 0 bridgehead atoms. The van der Waals surface area contributed by atoms with Crippen molar-refractivity contribution in [3.05, 3.63) is 21.9 Å². The van der Waals surface area contributed by atoms with Gasteiger partial charge in [0.2, 0.25) is 5.91 Å². The van der Waals surface area contributed by atoms with Crippen LogP contribution in [0.1, 0.15) is 35.0 Å². The zero-order chi connectivity index (χ0) is 14.4. The van der Waals surface area contributed by atoms with Crippen LogP contribution in [-0.2, 0) is 16.0 Å². The number of hydrogen-bond donors (Lipinski definition) is 3. The minimum atomic E-state index is -1.18. The smallest absolute Gasteiger partial charge is 0.326 e. The first-order valence-corrected chi connectivity index (χ1v) is 6.72. The molecule has 1 rings (SSSR count). The minimum absolute atomic E-state index is 0.0107. The summed E-state index contributed by atoms with van der Waals surface area (Å²) in [5.41, 5.74) is 5.85. The van der Waals surface area contributed by atoms with Crippen LogP contribution in [0.3, 0.4) is 0 Å². The summed E-state index contributed by atoms with van der Waals surface area (Å²) in [6.45, 7) is 1.92. The van der Waals surface area contributed by atoms with Gasteiger partial charge >= 0.3 is 5.97 Å². The van der Waals surface area contributed by atoms with Gasteiger partial charge in [0.05, 0.1) is 4.88 Å². The molecule has 0 fully saturated rings. The van der Waals surface area contributed by atoms with Crippen LogP contribution in [0.2, 0.25) is 0 Å². The summed E-state index contributed by atoms with van der Waals surface area (Å²) in [5, 5.41) is 13.2. The number of rotatable bonds is 7. The molecule has 0 spiro atoms. The molecule has 0 radical (unpaired) electrons. The standard InChI is InChI=1S/C12H16N2O4S/c1-2-7-5-6-19-10(7)11(16)14-8(12(17)18)3-4-9(13)15/h5-6,8H,2-4H2,1H3,(H2,13,15)(H,14,16)(H,17,18)/t8-/m1/s1. The summed E-state index contributed by atoms with van der Waals surface area (Å²) in [5.74, 6) is -2.20. The molecular formula is C12H16N2O4S. The van der Waals surface area contributed by atoms with E-state index in [-0.39, 0.29) is 12.8 Å². The Balaban J connectivity index is 2.71. The molecule has 0 aliphatic carbocycles. The van der Waals surface area contributed by atoms with Crippen molar-refractivity contribution in [3.63, 3.8) is 0 Å². The number of aryl methyl sites for hydroxylation is 1. The Hall–Kier alpha value is -1.89. The van der Waals surface area contributed by atoms with Crippen molar-refractivity contribution in [2.75, 3.05) is 0 Å². The summed E-state index contributed by atoms with van der Waals surface area (Å²) in [6, 6.07) is 0.727. The van der Waals surface area contributed by atoms with Crippen LogP contribution in [0, 0.1) is 0 Å². The fourth-order valence-corrected chi connectivity index (χ4v) is 2.48. The Morgan fingerprint density at radius 1 is 1.47 bits per heavy atom. The topological polar surface area (TPSA) is 109 Å². The van der Waals surface area contributed by atoms with E-state index < -0.39 is 23.8 Å². The molecule has 0 unspecified atom stereocenters. The molecule has 0 saturated carbocycles. The number of nitrogens with one attached hydrogen (secondary N) is 1. The van der Waals surface area contributed by atoms with Gasteiger partial charge in [-0.05, 0) is 29.9 Å². The molecule has 7 heteroatoms. The van der Waals surface area contributed by atoms with E-state index in [1.807, 2.05) is 13.0 Å².